The molecule has 0 amide bonds. The van der Waals surface area contributed by atoms with E-state index in [-0.39, 0.29) is 10.7 Å². The summed E-state index contributed by atoms with van der Waals surface area (Å²) >= 11 is 0. The Kier molecular flexibility index (Phi) is 5.41. The van der Waals surface area contributed by atoms with Gasteiger partial charge in [-0.2, -0.15) is 4.31 Å². The van der Waals surface area contributed by atoms with Gasteiger partial charge in [-0.25, -0.2) is 8.42 Å². The van der Waals surface area contributed by atoms with E-state index in [1.807, 2.05) is 18.2 Å². The van der Waals surface area contributed by atoms with Crippen LogP contribution in [0.3, 0.4) is 0 Å². The van der Waals surface area contributed by atoms with Crippen LogP contribution >= 0.6 is 0 Å². The molecule has 2 rings (SSSR count). The Labute approximate surface area is 142 Å². The van der Waals surface area contributed by atoms with Gasteiger partial charge in [0, 0.05) is 18.2 Å². The van der Waals surface area contributed by atoms with E-state index in [2.05, 4.69) is 0 Å². The van der Waals surface area contributed by atoms with Crippen molar-refractivity contribution in [1.29, 1.82) is 0 Å². The van der Waals surface area contributed by atoms with Gasteiger partial charge in [0.05, 0.1) is 18.0 Å². The van der Waals surface area contributed by atoms with Gasteiger partial charge in [-0.3, -0.25) is 4.79 Å². The minimum atomic E-state index is -3.69. The van der Waals surface area contributed by atoms with Crippen molar-refractivity contribution in [2.45, 2.75) is 24.8 Å². The molecule has 0 spiro atoms. The number of sulfonamides is 1. The Morgan fingerprint density at radius 2 is 1.67 bits per heavy atom. The summed E-state index contributed by atoms with van der Waals surface area (Å²) in [6.07, 6.45) is 0. The zero-order valence-electron chi connectivity index (χ0n) is 14.2. The van der Waals surface area contributed by atoms with Crippen molar-refractivity contribution >= 4 is 15.8 Å². The zero-order chi connectivity index (χ0) is 17.9. The Bertz CT molecular complexity index is 828. The second-order valence-electron chi connectivity index (χ2n) is 5.52. The number of carbonyl (C=O) groups excluding carboxylic acids is 1. The molecular formula is C18H21NO4S. The molecular weight excluding hydrogens is 326 g/mol. The van der Waals surface area contributed by atoms with E-state index in [1.165, 1.54) is 42.5 Å². The second kappa shape index (κ2) is 7.15. The molecule has 0 saturated carbocycles. The molecule has 0 unspecified atom stereocenters. The normalized spacial score (nSPS) is 12.9. The molecule has 1 atom stereocenters. The summed E-state index contributed by atoms with van der Waals surface area (Å²) in [6, 6.07) is 12.9. The number of para-hydroxylation sites is 1. The summed E-state index contributed by atoms with van der Waals surface area (Å²) < 4.78 is 32.3. The molecule has 0 N–H and O–H groups in total. The summed E-state index contributed by atoms with van der Waals surface area (Å²) in [5.41, 5.74) is 1.26. The molecule has 0 saturated heterocycles. The predicted octanol–water partition coefficient (Wildman–Crippen LogP) is 3.28. The molecule has 0 bridgehead atoms. The Hall–Kier alpha value is -2.18. The van der Waals surface area contributed by atoms with Crippen molar-refractivity contribution in [3.05, 3.63) is 59.7 Å². The second-order valence-corrected chi connectivity index (χ2v) is 7.52. The average molecular weight is 347 g/mol. The van der Waals surface area contributed by atoms with Gasteiger partial charge in [0.2, 0.25) is 10.0 Å². The van der Waals surface area contributed by atoms with Gasteiger partial charge in [-0.15, -0.1) is 0 Å². The first kappa shape index (κ1) is 18.2. The largest absolute Gasteiger partial charge is 0.496 e. The molecule has 6 heteroatoms. The van der Waals surface area contributed by atoms with Crippen molar-refractivity contribution in [3.63, 3.8) is 0 Å². The highest BCUT2D eigenvalue weighted by Crippen LogP contribution is 2.31. The van der Waals surface area contributed by atoms with E-state index < -0.39 is 16.1 Å². The lowest BCUT2D eigenvalue weighted by Crippen LogP contribution is -2.30. The van der Waals surface area contributed by atoms with Crippen molar-refractivity contribution in [3.8, 4) is 5.75 Å². The monoisotopic (exact) mass is 347 g/mol. The van der Waals surface area contributed by atoms with Gasteiger partial charge in [0.25, 0.3) is 0 Å². The van der Waals surface area contributed by atoms with E-state index in [0.29, 0.717) is 11.3 Å². The van der Waals surface area contributed by atoms with Crippen LogP contribution in [0.2, 0.25) is 0 Å². The maximum absolute atomic E-state index is 12.8. The van der Waals surface area contributed by atoms with Crippen LogP contribution < -0.4 is 4.74 Å². The third kappa shape index (κ3) is 3.49. The molecule has 128 valence electrons. The number of methoxy groups -OCH3 is 1. The van der Waals surface area contributed by atoms with Crippen LogP contribution in [-0.2, 0) is 10.0 Å². The van der Waals surface area contributed by atoms with Gasteiger partial charge in [0.15, 0.2) is 5.78 Å². The first-order chi connectivity index (χ1) is 11.3. The minimum absolute atomic E-state index is 0.102. The average Bonchev–Trinajstić information content (AvgIpc) is 2.60. The number of hydrogen-bond donors (Lipinski definition) is 0. The number of nitrogens with zero attached hydrogens (tertiary/aromatic N) is 1. The van der Waals surface area contributed by atoms with E-state index in [9.17, 15) is 13.2 Å². The van der Waals surface area contributed by atoms with Crippen LogP contribution in [0.5, 0.6) is 5.75 Å². The zero-order valence-corrected chi connectivity index (χ0v) is 15.0. The molecule has 2 aromatic rings. The topological polar surface area (TPSA) is 63.7 Å². The summed E-state index contributed by atoms with van der Waals surface area (Å²) in [6.45, 7) is 3.25. The van der Waals surface area contributed by atoms with Gasteiger partial charge >= 0.3 is 0 Å². The van der Waals surface area contributed by atoms with E-state index in [4.69, 9.17) is 4.74 Å². The fraction of sp³-hybridized carbons (Fsp3) is 0.278. The van der Waals surface area contributed by atoms with Crippen molar-refractivity contribution in [1.82, 2.24) is 4.31 Å². The smallest absolute Gasteiger partial charge is 0.243 e. The standard InChI is InChI=1S/C18H21NO4S/c1-13(17-7-5-6-8-18(17)23-4)19(3)24(21,22)16-11-9-15(10-12-16)14(2)20/h5-13H,1-4H3/t13-/m1/s1. The molecule has 0 heterocycles. The molecule has 2 aromatic carbocycles. The first-order valence-electron chi connectivity index (χ1n) is 7.51. The Morgan fingerprint density at radius 1 is 1.08 bits per heavy atom. The number of benzene rings is 2. The summed E-state index contributed by atoms with van der Waals surface area (Å²) in [7, 11) is -0.598. The summed E-state index contributed by atoms with van der Waals surface area (Å²) in [5, 5.41) is 0. The number of rotatable bonds is 6. The SMILES string of the molecule is COc1ccccc1[C@@H](C)N(C)S(=O)(=O)c1ccc(C(C)=O)cc1. The van der Waals surface area contributed by atoms with Crippen LogP contribution in [0.15, 0.2) is 53.4 Å². The Balaban J connectivity index is 2.36. The highest BCUT2D eigenvalue weighted by Gasteiger charge is 2.27. The van der Waals surface area contributed by atoms with Gasteiger partial charge in [-0.1, -0.05) is 30.3 Å². The van der Waals surface area contributed by atoms with Crippen molar-refractivity contribution < 1.29 is 17.9 Å². The van der Waals surface area contributed by atoms with Gasteiger partial charge < -0.3 is 4.74 Å². The van der Waals surface area contributed by atoms with Crippen LogP contribution in [-0.4, -0.2) is 32.7 Å². The molecule has 0 radical (unpaired) electrons. The molecule has 24 heavy (non-hydrogen) atoms. The maximum Gasteiger partial charge on any atom is 0.243 e. The maximum atomic E-state index is 12.8. The third-order valence-corrected chi connectivity index (χ3v) is 6.01. The molecule has 0 aliphatic heterocycles. The Morgan fingerprint density at radius 3 is 2.21 bits per heavy atom. The third-order valence-electron chi connectivity index (χ3n) is 4.07. The highest BCUT2D eigenvalue weighted by molar-refractivity contribution is 7.89. The summed E-state index contributed by atoms with van der Waals surface area (Å²) in [5.74, 6) is 0.536. The quantitative estimate of drug-likeness (QED) is 0.752. The predicted molar refractivity (Wildman–Crippen MR) is 92.8 cm³/mol. The highest BCUT2D eigenvalue weighted by atomic mass is 32.2. The molecule has 0 aromatic heterocycles. The fourth-order valence-corrected chi connectivity index (χ4v) is 3.79. The van der Waals surface area contributed by atoms with E-state index in [1.54, 1.807) is 20.1 Å². The number of Topliss-reactive ketones (excluding diaryl/α,β-unsaturated/α-hetero) is 1. The number of carbonyl (C=O) groups is 1. The fourth-order valence-electron chi connectivity index (χ4n) is 2.44. The first-order valence-corrected chi connectivity index (χ1v) is 8.95. The lowest BCUT2D eigenvalue weighted by molar-refractivity contribution is 0.101. The number of ether oxygens (including phenoxy) is 1. The molecule has 5 nitrogen and oxygen atoms in total. The van der Waals surface area contributed by atoms with Gasteiger partial charge in [-0.05, 0) is 32.0 Å². The minimum Gasteiger partial charge on any atom is -0.496 e. The van der Waals surface area contributed by atoms with E-state index >= 15 is 0 Å². The van der Waals surface area contributed by atoms with Crippen LogP contribution in [0, 0.1) is 0 Å². The molecule has 0 fully saturated rings. The van der Waals surface area contributed by atoms with Crippen LogP contribution in [0.4, 0.5) is 0 Å². The van der Waals surface area contributed by atoms with Crippen molar-refractivity contribution in [2.24, 2.45) is 0 Å². The summed E-state index contributed by atoms with van der Waals surface area (Å²) in [4.78, 5) is 11.5. The molecule has 0 aliphatic carbocycles. The van der Waals surface area contributed by atoms with Crippen molar-refractivity contribution in [2.75, 3.05) is 14.2 Å². The van der Waals surface area contributed by atoms with Gasteiger partial charge in [0.1, 0.15) is 5.75 Å². The molecule has 0 aliphatic rings. The number of hydrogen-bond acceptors (Lipinski definition) is 4. The van der Waals surface area contributed by atoms with Crippen LogP contribution in [0.25, 0.3) is 0 Å². The van der Waals surface area contributed by atoms with E-state index in [0.717, 1.165) is 5.56 Å². The number of ketones is 1. The lowest BCUT2D eigenvalue weighted by atomic mass is 10.1. The van der Waals surface area contributed by atoms with Crippen LogP contribution in [0.1, 0.15) is 35.8 Å². The lowest BCUT2D eigenvalue weighted by Gasteiger charge is -2.26.